The molecular formula is C17H22N6O2. The van der Waals surface area contributed by atoms with Gasteiger partial charge in [-0.05, 0) is 17.7 Å². The van der Waals surface area contributed by atoms with E-state index >= 15 is 0 Å². The summed E-state index contributed by atoms with van der Waals surface area (Å²) in [6, 6.07) is 5.39. The number of rotatable bonds is 7. The highest BCUT2D eigenvalue weighted by Crippen LogP contribution is 2.05. The predicted molar refractivity (Wildman–Crippen MR) is 93.2 cm³/mol. The second-order valence-corrected chi connectivity index (χ2v) is 5.71. The molecule has 3 heterocycles. The quantitative estimate of drug-likeness (QED) is 0.759. The van der Waals surface area contributed by atoms with Crippen LogP contribution >= 0.6 is 0 Å². The Hall–Kier alpha value is -2.58. The minimum Gasteiger partial charge on any atom is -0.379 e. The van der Waals surface area contributed by atoms with Gasteiger partial charge < -0.3 is 15.4 Å². The van der Waals surface area contributed by atoms with E-state index in [1.54, 1.807) is 18.5 Å². The molecule has 1 aliphatic heterocycles. The molecule has 3 rings (SSSR count). The number of amides is 1. The topological polar surface area (TPSA) is 92.3 Å². The van der Waals surface area contributed by atoms with E-state index in [1.807, 2.05) is 12.1 Å². The van der Waals surface area contributed by atoms with Crippen molar-refractivity contribution in [2.24, 2.45) is 0 Å². The fourth-order valence-electron chi connectivity index (χ4n) is 2.52. The van der Waals surface area contributed by atoms with Gasteiger partial charge in [0.1, 0.15) is 17.8 Å². The van der Waals surface area contributed by atoms with Crippen LogP contribution in [0.2, 0.25) is 0 Å². The van der Waals surface area contributed by atoms with Crippen LogP contribution in [0.4, 0.5) is 5.82 Å². The standard InChI is InChI=1S/C17H22N6O2/c24-17(20-12-14-1-3-18-4-2-14)15-11-16(22-13-21-15)19-5-6-23-7-9-25-10-8-23/h1-4,11,13H,5-10,12H2,(H,20,24)(H,19,21,22). The van der Waals surface area contributed by atoms with Crippen molar-refractivity contribution in [3.63, 3.8) is 0 Å². The van der Waals surface area contributed by atoms with E-state index in [1.165, 1.54) is 6.33 Å². The summed E-state index contributed by atoms with van der Waals surface area (Å²) in [7, 11) is 0. The normalized spacial score (nSPS) is 14.9. The van der Waals surface area contributed by atoms with E-state index in [0.717, 1.165) is 45.0 Å². The van der Waals surface area contributed by atoms with Crippen LogP contribution in [-0.4, -0.2) is 65.2 Å². The van der Waals surface area contributed by atoms with Crippen LogP contribution in [0.3, 0.4) is 0 Å². The number of nitrogens with one attached hydrogen (secondary N) is 2. The number of morpholine rings is 1. The number of ether oxygens (including phenoxy) is 1. The van der Waals surface area contributed by atoms with Crippen LogP contribution in [-0.2, 0) is 11.3 Å². The monoisotopic (exact) mass is 342 g/mol. The van der Waals surface area contributed by atoms with Crippen molar-refractivity contribution in [1.82, 2.24) is 25.2 Å². The van der Waals surface area contributed by atoms with E-state index in [2.05, 4.69) is 30.5 Å². The van der Waals surface area contributed by atoms with Gasteiger partial charge in [0, 0.05) is 51.2 Å². The third kappa shape index (κ3) is 5.47. The maximum Gasteiger partial charge on any atom is 0.270 e. The van der Waals surface area contributed by atoms with Gasteiger partial charge in [-0.25, -0.2) is 9.97 Å². The molecule has 0 saturated carbocycles. The minimum absolute atomic E-state index is 0.226. The zero-order valence-electron chi connectivity index (χ0n) is 14.0. The lowest BCUT2D eigenvalue weighted by atomic mass is 10.2. The van der Waals surface area contributed by atoms with Crippen molar-refractivity contribution in [2.45, 2.75) is 6.54 Å². The first-order chi connectivity index (χ1) is 12.3. The average Bonchev–Trinajstić information content (AvgIpc) is 2.68. The molecule has 25 heavy (non-hydrogen) atoms. The predicted octanol–water partition coefficient (Wildman–Crippen LogP) is 0.546. The van der Waals surface area contributed by atoms with Gasteiger partial charge in [-0.15, -0.1) is 0 Å². The summed E-state index contributed by atoms with van der Waals surface area (Å²) in [4.78, 5) is 26.7. The third-order valence-electron chi connectivity index (χ3n) is 3.94. The molecule has 8 heteroatoms. The summed E-state index contributed by atoms with van der Waals surface area (Å²) in [5, 5.41) is 6.08. The summed E-state index contributed by atoms with van der Waals surface area (Å²) >= 11 is 0. The molecule has 2 N–H and O–H groups in total. The molecule has 8 nitrogen and oxygen atoms in total. The van der Waals surface area contributed by atoms with E-state index in [0.29, 0.717) is 18.1 Å². The van der Waals surface area contributed by atoms with Gasteiger partial charge in [-0.3, -0.25) is 14.7 Å². The highest BCUT2D eigenvalue weighted by molar-refractivity contribution is 5.92. The van der Waals surface area contributed by atoms with Gasteiger partial charge in [0.2, 0.25) is 0 Å². The van der Waals surface area contributed by atoms with Gasteiger partial charge in [0.05, 0.1) is 13.2 Å². The van der Waals surface area contributed by atoms with Crippen molar-refractivity contribution >= 4 is 11.7 Å². The molecule has 0 atom stereocenters. The summed E-state index contributed by atoms with van der Waals surface area (Å²) in [6.45, 7) is 5.59. The third-order valence-corrected chi connectivity index (χ3v) is 3.94. The summed E-state index contributed by atoms with van der Waals surface area (Å²) in [6.07, 6.45) is 4.80. The average molecular weight is 342 g/mol. The second kappa shape index (κ2) is 9.05. The molecule has 2 aromatic rings. The number of nitrogens with zero attached hydrogens (tertiary/aromatic N) is 4. The molecule has 0 radical (unpaired) electrons. The van der Waals surface area contributed by atoms with E-state index < -0.39 is 0 Å². The molecular weight excluding hydrogens is 320 g/mol. The lowest BCUT2D eigenvalue weighted by Gasteiger charge is -2.26. The molecule has 0 aromatic carbocycles. The Morgan fingerprint density at radius 2 is 2.00 bits per heavy atom. The van der Waals surface area contributed by atoms with Crippen LogP contribution in [0, 0.1) is 0 Å². The van der Waals surface area contributed by atoms with E-state index in [-0.39, 0.29) is 5.91 Å². The van der Waals surface area contributed by atoms with Crippen LogP contribution in [0.15, 0.2) is 36.9 Å². The van der Waals surface area contributed by atoms with Gasteiger partial charge in [0.25, 0.3) is 5.91 Å². The number of hydrogen-bond donors (Lipinski definition) is 2. The Bertz CT molecular complexity index is 676. The largest absolute Gasteiger partial charge is 0.379 e. The van der Waals surface area contributed by atoms with Crippen molar-refractivity contribution < 1.29 is 9.53 Å². The maximum absolute atomic E-state index is 12.2. The number of aromatic nitrogens is 3. The molecule has 132 valence electrons. The zero-order valence-corrected chi connectivity index (χ0v) is 14.0. The van der Waals surface area contributed by atoms with Crippen molar-refractivity contribution in [3.8, 4) is 0 Å². The molecule has 2 aromatic heterocycles. The van der Waals surface area contributed by atoms with Crippen LogP contribution in [0.5, 0.6) is 0 Å². The number of carbonyl (C=O) groups excluding carboxylic acids is 1. The van der Waals surface area contributed by atoms with E-state index in [9.17, 15) is 4.79 Å². The lowest BCUT2D eigenvalue weighted by Crippen LogP contribution is -2.39. The molecule has 0 unspecified atom stereocenters. The molecule has 1 saturated heterocycles. The van der Waals surface area contributed by atoms with Crippen molar-refractivity contribution in [2.75, 3.05) is 44.7 Å². The first kappa shape index (κ1) is 17.2. The summed E-state index contributed by atoms with van der Waals surface area (Å²) in [5.41, 5.74) is 1.33. The summed E-state index contributed by atoms with van der Waals surface area (Å²) in [5.74, 6) is 0.424. The molecule has 1 fully saturated rings. The number of carbonyl (C=O) groups is 1. The first-order valence-electron chi connectivity index (χ1n) is 8.34. The van der Waals surface area contributed by atoms with Gasteiger partial charge in [-0.1, -0.05) is 0 Å². The van der Waals surface area contributed by atoms with Crippen LogP contribution < -0.4 is 10.6 Å². The van der Waals surface area contributed by atoms with Gasteiger partial charge in [0.15, 0.2) is 0 Å². The molecule has 1 aliphatic rings. The Kier molecular flexibility index (Phi) is 6.24. The SMILES string of the molecule is O=C(NCc1ccncc1)c1cc(NCCN2CCOCC2)ncn1. The fourth-order valence-corrected chi connectivity index (χ4v) is 2.52. The Balaban J connectivity index is 1.47. The number of pyridine rings is 1. The number of anilines is 1. The first-order valence-corrected chi connectivity index (χ1v) is 8.34. The fraction of sp³-hybridized carbons (Fsp3) is 0.412. The van der Waals surface area contributed by atoms with Crippen LogP contribution in [0.25, 0.3) is 0 Å². The van der Waals surface area contributed by atoms with Crippen LogP contribution in [0.1, 0.15) is 16.1 Å². The van der Waals surface area contributed by atoms with Gasteiger partial charge >= 0.3 is 0 Å². The van der Waals surface area contributed by atoms with Gasteiger partial charge in [-0.2, -0.15) is 0 Å². The van der Waals surface area contributed by atoms with E-state index in [4.69, 9.17) is 4.74 Å². The zero-order chi connectivity index (χ0) is 17.3. The Morgan fingerprint density at radius 3 is 2.80 bits per heavy atom. The molecule has 0 aliphatic carbocycles. The highest BCUT2D eigenvalue weighted by Gasteiger charge is 2.11. The Morgan fingerprint density at radius 1 is 1.20 bits per heavy atom. The minimum atomic E-state index is -0.226. The highest BCUT2D eigenvalue weighted by atomic mass is 16.5. The Labute approximate surface area is 146 Å². The van der Waals surface area contributed by atoms with Crippen molar-refractivity contribution in [1.29, 1.82) is 0 Å². The molecule has 0 spiro atoms. The molecule has 0 bridgehead atoms. The number of hydrogen-bond acceptors (Lipinski definition) is 7. The maximum atomic E-state index is 12.2. The lowest BCUT2D eigenvalue weighted by molar-refractivity contribution is 0.0398. The molecule has 1 amide bonds. The van der Waals surface area contributed by atoms with Crippen molar-refractivity contribution in [3.05, 3.63) is 48.2 Å². The summed E-state index contributed by atoms with van der Waals surface area (Å²) < 4.78 is 5.33. The second-order valence-electron chi connectivity index (χ2n) is 5.71. The smallest absolute Gasteiger partial charge is 0.270 e.